The zero-order valence-corrected chi connectivity index (χ0v) is 21.6. The van der Waals surface area contributed by atoms with E-state index < -0.39 is 29.2 Å². The standard InChI is InChI=1S/C20H21N9O5S3/c1-3-5-28-20(24-26-27-28)37-8-10-7-35-17-13(16(31)29(17)14(10)18(32)33)23-15(30)12(25-34-6-4-2)11-9-36-19(21)22-11/h3-4,9,13,17H,1-2,5-8H2,(H2,21,22)(H,23,30)(H,32,33)/b25-12-/t13?,17-/m1/s1. The molecule has 0 bridgehead atoms. The highest BCUT2D eigenvalue weighted by Gasteiger charge is 2.54. The van der Waals surface area contributed by atoms with Crippen LogP contribution in [0.15, 0.2) is 52.3 Å². The fourth-order valence-electron chi connectivity index (χ4n) is 3.45. The molecule has 0 radical (unpaired) electrons. The number of carbonyl (C=O) groups is 3. The quantitative estimate of drug-likeness (QED) is 0.0802. The third-order valence-corrected chi connectivity index (χ3v) is 8.10. The number of nitrogens with two attached hydrogens (primary N) is 1. The van der Waals surface area contributed by atoms with Gasteiger partial charge in [0.2, 0.25) is 5.16 Å². The second-order valence-corrected chi connectivity index (χ2v) is 10.4. The molecule has 14 nitrogen and oxygen atoms in total. The van der Waals surface area contributed by atoms with Crippen LogP contribution in [0.25, 0.3) is 0 Å². The number of hydrogen-bond donors (Lipinski definition) is 3. The van der Waals surface area contributed by atoms with Gasteiger partial charge in [0, 0.05) is 16.9 Å². The predicted octanol–water partition coefficient (Wildman–Crippen LogP) is 0.335. The van der Waals surface area contributed by atoms with Crippen molar-refractivity contribution < 1.29 is 24.3 Å². The third-order valence-electron chi connectivity index (χ3n) is 5.04. The topological polar surface area (TPSA) is 191 Å². The lowest BCUT2D eigenvalue weighted by Gasteiger charge is -2.49. The van der Waals surface area contributed by atoms with E-state index >= 15 is 0 Å². The molecule has 1 fully saturated rings. The Kier molecular flexibility index (Phi) is 8.24. The first kappa shape index (κ1) is 26.4. The number of carbonyl (C=O) groups excluding carboxylic acids is 2. The lowest BCUT2D eigenvalue weighted by molar-refractivity contribution is -0.150. The van der Waals surface area contributed by atoms with Crippen LogP contribution in [0.5, 0.6) is 0 Å². The Balaban J connectivity index is 1.49. The molecule has 2 amide bonds. The number of tetrazole rings is 1. The number of carboxylic acids is 1. The van der Waals surface area contributed by atoms with Crippen molar-refractivity contribution in [2.45, 2.75) is 23.1 Å². The van der Waals surface area contributed by atoms with Crippen LogP contribution in [0, 0.1) is 0 Å². The molecule has 0 aromatic carbocycles. The number of thioether (sulfide) groups is 2. The molecule has 2 aliphatic heterocycles. The Morgan fingerprint density at radius 3 is 2.89 bits per heavy atom. The number of carboxylic acid groups (broad SMARTS) is 1. The number of nitrogens with one attached hydrogen (secondary N) is 1. The largest absolute Gasteiger partial charge is 0.477 e. The molecule has 4 rings (SSSR count). The highest BCUT2D eigenvalue weighted by molar-refractivity contribution is 8.01. The fraction of sp³-hybridized carbons (Fsp3) is 0.300. The van der Waals surface area contributed by atoms with Crippen molar-refractivity contribution in [1.82, 2.24) is 35.4 Å². The molecule has 4 heterocycles. The number of amides is 2. The smallest absolute Gasteiger partial charge is 0.352 e. The van der Waals surface area contributed by atoms with E-state index in [-0.39, 0.29) is 34.6 Å². The maximum absolute atomic E-state index is 13.0. The molecule has 1 unspecified atom stereocenters. The summed E-state index contributed by atoms with van der Waals surface area (Å²) in [5.74, 6) is -1.88. The summed E-state index contributed by atoms with van der Waals surface area (Å²) >= 11 is 3.72. The van der Waals surface area contributed by atoms with Crippen molar-refractivity contribution in [2.75, 3.05) is 23.8 Å². The summed E-state index contributed by atoms with van der Waals surface area (Å²) in [6.07, 6.45) is 3.09. The SMILES string of the molecule is C=CCO/N=C(\C(=O)NC1C(=O)N2C(C(=O)O)=C(CSc3nnnn3CC=C)CS[C@H]12)c1csc(N)n1. The molecule has 2 aromatic rings. The second kappa shape index (κ2) is 11.6. The molecule has 194 valence electrons. The number of aromatic nitrogens is 5. The van der Waals surface area contributed by atoms with Crippen molar-refractivity contribution in [1.29, 1.82) is 0 Å². The van der Waals surface area contributed by atoms with Crippen LogP contribution in [0.1, 0.15) is 5.69 Å². The number of β-lactam (4-membered cyclic amide) rings is 1. The van der Waals surface area contributed by atoms with Crippen LogP contribution >= 0.6 is 34.9 Å². The van der Waals surface area contributed by atoms with E-state index in [1.165, 1.54) is 44.6 Å². The zero-order chi connectivity index (χ0) is 26.5. The maximum Gasteiger partial charge on any atom is 0.352 e. The van der Waals surface area contributed by atoms with Gasteiger partial charge in [-0.1, -0.05) is 35.6 Å². The molecule has 2 atom stereocenters. The molecule has 2 aromatic heterocycles. The van der Waals surface area contributed by atoms with Gasteiger partial charge in [-0.15, -0.1) is 34.8 Å². The minimum Gasteiger partial charge on any atom is -0.477 e. The van der Waals surface area contributed by atoms with E-state index in [2.05, 4.69) is 44.1 Å². The molecular formula is C20H21N9O5S3. The van der Waals surface area contributed by atoms with Gasteiger partial charge in [-0.05, 0) is 16.0 Å². The van der Waals surface area contributed by atoms with E-state index in [0.29, 0.717) is 23.0 Å². The van der Waals surface area contributed by atoms with Gasteiger partial charge in [-0.3, -0.25) is 14.5 Å². The van der Waals surface area contributed by atoms with Crippen molar-refractivity contribution in [3.8, 4) is 0 Å². The number of fused-ring (bicyclic) bond motifs is 1. The van der Waals surface area contributed by atoms with Gasteiger partial charge in [0.1, 0.15) is 29.4 Å². The van der Waals surface area contributed by atoms with Crippen molar-refractivity contribution in [3.63, 3.8) is 0 Å². The minimum absolute atomic E-state index is 0.0541. The number of rotatable bonds is 12. The Labute approximate surface area is 222 Å². The van der Waals surface area contributed by atoms with Gasteiger partial charge < -0.3 is 21.0 Å². The molecule has 17 heteroatoms. The first-order valence-electron chi connectivity index (χ1n) is 10.6. The second-order valence-electron chi connectivity index (χ2n) is 7.43. The van der Waals surface area contributed by atoms with Crippen molar-refractivity contribution >= 4 is 63.5 Å². The normalized spacial score (nSPS) is 19.2. The number of thiazole rings is 1. The number of anilines is 1. The van der Waals surface area contributed by atoms with E-state index in [1.807, 2.05) is 0 Å². The van der Waals surface area contributed by atoms with Crippen LogP contribution in [0.4, 0.5) is 5.13 Å². The number of oxime groups is 1. The Hall–Kier alpha value is -3.70. The number of aliphatic carboxylic acids is 1. The number of hydrogen-bond acceptors (Lipinski definition) is 13. The molecular weight excluding hydrogens is 542 g/mol. The molecule has 0 aliphatic carbocycles. The maximum atomic E-state index is 13.0. The van der Waals surface area contributed by atoms with Gasteiger partial charge in [0.15, 0.2) is 10.8 Å². The molecule has 4 N–H and O–H groups in total. The first-order valence-corrected chi connectivity index (χ1v) is 13.5. The van der Waals surface area contributed by atoms with Gasteiger partial charge in [-0.25, -0.2) is 14.5 Å². The monoisotopic (exact) mass is 563 g/mol. The van der Waals surface area contributed by atoms with Crippen LogP contribution in [-0.2, 0) is 25.8 Å². The van der Waals surface area contributed by atoms with Crippen molar-refractivity contribution in [2.24, 2.45) is 5.16 Å². The Morgan fingerprint density at radius 2 is 2.22 bits per heavy atom. The molecule has 2 aliphatic rings. The van der Waals surface area contributed by atoms with Gasteiger partial charge >= 0.3 is 5.97 Å². The first-order chi connectivity index (χ1) is 17.8. The third kappa shape index (κ3) is 5.52. The summed E-state index contributed by atoms with van der Waals surface area (Å²) < 4.78 is 1.53. The zero-order valence-electron chi connectivity index (χ0n) is 19.1. The van der Waals surface area contributed by atoms with Crippen molar-refractivity contribution in [3.05, 3.63) is 47.7 Å². The highest BCUT2D eigenvalue weighted by Crippen LogP contribution is 2.41. The average molecular weight is 564 g/mol. The lowest BCUT2D eigenvalue weighted by atomic mass is 10.0. The van der Waals surface area contributed by atoms with Crippen LogP contribution in [-0.4, -0.2) is 88.2 Å². The van der Waals surface area contributed by atoms with Crippen LogP contribution in [0.3, 0.4) is 0 Å². The molecule has 0 saturated carbocycles. The highest BCUT2D eigenvalue weighted by atomic mass is 32.2. The van der Waals surface area contributed by atoms with Gasteiger partial charge in [-0.2, -0.15) is 0 Å². The minimum atomic E-state index is -1.23. The summed E-state index contributed by atoms with van der Waals surface area (Å²) in [6.45, 7) is 7.63. The van der Waals surface area contributed by atoms with Gasteiger partial charge in [0.25, 0.3) is 11.8 Å². The summed E-state index contributed by atoms with van der Waals surface area (Å²) in [4.78, 5) is 48.5. The van der Waals surface area contributed by atoms with E-state index in [0.717, 1.165) is 11.3 Å². The van der Waals surface area contributed by atoms with Crippen LogP contribution in [0.2, 0.25) is 0 Å². The number of allylic oxidation sites excluding steroid dienone is 1. The fourth-order valence-corrected chi connectivity index (χ4v) is 6.37. The summed E-state index contributed by atoms with van der Waals surface area (Å²) in [7, 11) is 0. The van der Waals surface area contributed by atoms with E-state index in [4.69, 9.17) is 10.6 Å². The summed E-state index contributed by atoms with van der Waals surface area (Å²) in [6, 6.07) is -0.957. The summed E-state index contributed by atoms with van der Waals surface area (Å²) in [5, 5.41) is 29.4. The van der Waals surface area contributed by atoms with Gasteiger partial charge in [0.05, 0.1) is 6.54 Å². The predicted molar refractivity (Wildman–Crippen MR) is 138 cm³/mol. The average Bonchev–Trinajstić information content (AvgIpc) is 3.51. The Bertz CT molecular complexity index is 1300. The molecule has 37 heavy (non-hydrogen) atoms. The molecule has 1 saturated heterocycles. The Morgan fingerprint density at radius 1 is 1.41 bits per heavy atom. The van der Waals surface area contributed by atoms with Crippen LogP contribution < -0.4 is 11.1 Å². The van der Waals surface area contributed by atoms with E-state index in [1.54, 1.807) is 6.08 Å². The number of nitrogens with zero attached hydrogens (tertiary/aromatic N) is 7. The number of nitrogen functional groups attached to an aromatic ring is 1. The molecule has 0 spiro atoms. The van der Waals surface area contributed by atoms with E-state index in [9.17, 15) is 19.5 Å². The lowest BCUT2D eigenvalue weighted by Crippen LogP contribution is -2.71. The summed E-state index contributed by atoms with van der Waals surface area (Å²) in [5.41, 5.74) is 6.14.